The number of hydrogen-bond acceptors (Lipinski definition) is 4. The van der Waals surface area contributed by atoms with Crippen LogP contribution in [-0.2, 0) is 32.0 Å². The molecule has 0 unspecified atom stereocenters. The SMILES string of the molecule is COC(=O)[C@@H](Cc1c[nH]c2ccccc12)NC(=O)[C@@H](Cc1c[nH]c2ccccc12)NC(=O)C12CC3CC(CC(C3)C1)C2. The Balaban J connectivity index is 1.16. The Kier molecular flexibility index (Phi) is 6.79. The van der Waals surface area contributed by atoms with Gasteiger partial charge in [-0.1, -0.05) is 36.4 Å². The molecular formula is C34H38N4O4. The number of esters is 1. The molecule has 4 saturated carbocycles. The summed E-state index contributed by atoms with van der Waals surface area (Å²) in [6, 6.07) is 14.1. The summed E-state index contributed by atoms with van der Waals surface area (Å²) in [6.45, 7) is 0. The highest BCUT2D eigenvalue weighted by atomic mass is 16.5. The number of carbonyl (C=O) groups is 3. The molecule has 0 aliphatic heterocycles. The third kappa shape index (κ3) is 4.86. The zero-order chi connectivity index (χ0) is 28.8. The number of para-hydroxylation sites is 2. The lowest BCUT2D eigenvalue weighted by molar-refractivity contribution is -0.149. The molecule has 8 nitrogen and oxygen atoms in total. The zero-order valence-corrected chi connectivity index (χ0v) is 24.0. The first-order valence-corrected chi connectivity index (χ1v) is 15.2. The molecule has 42 heavy (non-hydrogen) atoms. The summed E-state index contributed by atoms with van der Waals surface area (Å²) < 4.78 is 5.11. The predicted molar refractivity (Wildman–Crippen MR) is 160 cm³/mol. The lowest BCUT2D eigenvalue weighted by Crippen LogP contribution is -2.59. The number of ether oxygens (including phenoxy) is 1. The van der Waals surface area contributed by atoms with Crippen molar-refractivity contribution in [2.45, 2.75) is 63.5 Å². The van der Waals surface area contributed by atoms with Crippen LogP contribution in [-0.4, -0.2) is 46.9 Å². The van der Waals surface area contributed by atoms with Crippen LogP contribution in [0.25, 0.3) is 21.8 Å². The highest BCUT2D eigenvalue weighted by Gasteiger charge is 2.55. The largest absolute Gasteiger partial charge is 0.467 e. The van der Waals surface area contributed by atoms with Gasteiger partial charge in [0.25, 0.3) is 0 Å². The van der Waals surface area contributed by atoms with E-state index in [1.807, 2.05) is 60.9 Å². The number of fused-ring (bicyclic) bond motifs is 2. The third-order valence-electron chi connectivity index (χ3n) is 10.1. The molecule has 4 aliphatic rings. The Labute approximate surface area is 245 Å². The second kappa shape index (κ2) is 10.6. The van der Waals surface area contributed by atoms with Gasteiger partial charge in [-0.3, -0.25) is 9.59 Å². The molecule has 4 aromatic rings. The molecule has 0 radical (unpaired) electrons. The van der Waals surface area contributed by atoms with Crippen LogP contribution in [0.4, 0.5) is 0 Å². The Morgan fingerprint density at radius 3 is 1.81 bits per heavy atom. The fourth-order valence-electron chi connectivity index (χ4n) is 8.56. The fraction of sp³-hybridized carbons (Fsp3) is 0.441. The summed E-state index contributed by atoms with van der Waals surface area (Å²) in [4.78, 5) is 47.6. The molecule has 4 fully saturated rings. The number of benzene rings is 2. The van der Waals surface area contributed by atoms with Crippen molar-refractivity contribution in [2.24, 2.45) is 23.2 Å². The van der Waals surface area contributed by atoms with Crippen LogP contribution < -0.4 is 10.6 Å². The Morgan fingerprint density at radius 1 is 0.786 bits per heavy atom. The predicted octanol–water partition coefficient (Wildman–Crippen LogP) is 4.79. The van der Waals surface area contributed by atoms with E-state index in [1.54, 1.807) is 0 Å². The summed E-state index contributed by atoms with van der Waals surface area (Å²) in [5.41, 5.74) is 3.41. The Morgan fingerprint density at radius 2 is 1.29 bits per heavy atom. The van der Waals surface area contributed by atoms with Crippen molar-refractivity contribution in [2.75, 3.05) is 7.11 Å². The average Bonchev–Trinajstić information content (AvgIpc) is 3.59. The number of H-pyrrole nitrogens is 2. The molecule has 2 atom stereocenters. The van der Waals surface area contributed by atoms with Gasteiger partial charge in [-0.25, -0.2) is 4.79 Å². The first-order chi connectivity index (χ1) is 20.4. The molecule has 4 bridgehead atoms. The van der Waals surface area contributed by atoms with Gasteiger partial charge in [-0.15, -0.1) is 0 Å². The summed E-state index contributed by atoms with van der Waals surface area (Å²) in [7, 11) is 1.33. The molecule has 8 heteroatoms. The van der Waals surface area contributed by atoms with E-state index in [0.29, 0.717) is 24.2 Å². The maximum atomic E-state index is 14.1. The number of carbonyl (C=O) groups excluding carboxylic acids is 3. The van der Waals surface area contributed by atoms with Crippen molar-refractivity contribution in [3.8, 4) is 0 Å². The van der Waals surface area contributed by atoms with Crippen molar-refractivity contribution in [1.82, 2.24) is 20.6 Å². The maximum absolute atomic E-state index is 14.1. The quantitative estimate of drug-likeness (QED) is 0.218. The van der Waals surface area contributed by atoms with E-state index in [4.69, 9.17) is 4.74 Å². The monoisotopic (exact) mass is 566 g/mol. The van der Waals surface area contributed by atoms with Crippen LogP contribution >= 0.6 is 0 Å². The second-order valence-corrected chi connectivity index (χ2v) is 12.9. The number of hydrogen-bond donors (Lipinski definition) is 4. The lowest BCUT2D eigenvalue weighted by atomic mass is 9.49. The highest BCUT2D eigenvalue weighted by molar-refractivity contribution is 5.94. The van der Waals surface area contributed by atoms with Crippen LogP contribution in [0.15, 0.2) is 60.9 Å². The van der Waals surface area contributed by atoms with E-state index in [2.05, 4.69) is 20.6 Å². The van der Waals surface area contributed by atoms with E-state index >= 15 is 0 Å². The van der Waals surface area contributed by atoms with Gasteiger partial charge in [0.2, 0.25) is 11.8 Å². The summed E-state index contributed by atoms with van der Waals surface area (Å²) in [6.07, 6.45) is 10.8. The number of amides is 2. The van der Waals surface area contributed by atoms with Crippen molar-refractivity contribution in [3.05, 3.63) is 72.1 Å². The van der Waals surface area contributed by atoms with Gasteiger partial charge in [0.1, 0.15) is 12.1 Å². The van der Waals surface area contributed by atoms with Crippen LogP contribution in [0, 0.1) is 23.2 Å². The van der Waals surface area contributed by atoms with Crippen molar-refractivity contribution >= 4 is 39.6 Å². The van der Waals surface area contributed by atoms with Gasteiger partial charge in [-0.05, 0) is 79.5 Å². The number of rotatable bonds is 9. The summed E-state index contributed by atoms with van der Waals surface area (Å²) >= 11 is 0. The van der Waals surface area contributed by atoms with E-state index in [0.717, 1.165) is 52.2 Å². The van der Waals surface area contributed by atoms with Gasteiger partial charge in [-0.2, -0.15) is 0 Å². The number of aromatic nitrogens is 2. The molecule has 2 aromatic heterocycles. The molecule has 2 amide bonds. The molecule has 2 aromatic carbocycles. The highest BCUT2D eigenvalue weighted by Crippen LogP contribution is 2.60. The van der Waals surface area contributed by atoms with E-state index in [-0.39, 0.29) is 23.7 Å². The van der Waals surface area contributed by atoms with Gasteiger partial charge in [0.05, 0.1) is 7.11 Å². The first kappa shape index (κ1) is 26.8. The number of methoxy groups -OCH3 is 1. The van der Waals surface area contributed by atoms with Crippen LogP contribution in [0.5, 0.6) is 0 Å². The molecule has 0 spiro atoms. The second-order valence-electron chi connectivity index (χ2n) is 12.9. The van der Waals surface area contributed by atoms with E-state index < -0.39 is 18.1 Å². The smallest absolute Gasteiger partial charge is 0.328 e. The maximum Gasteiger partial charge on any atom is 0.328 e. The van der Waals surface area contributed by atoms with Crippen molar-refractivity contribution in [1.29, 1.82) is 0 Å². The van der Waals surface area contributed by atoms with Gasteiger partial charge in [0, 0.05) is 52.5 Å². The van der Waals surface area contributed by atoms with Gasteiger partial charge in [0.15, 0.2) is 0 Å². The topological polar surface area (TPSA) is 116 Å². The van der Waals surface area contributed by atoms with Gasteiger partial charge >= 0.3 is 5.97 Å². The standard InChI is InChI=1S/C34H38N4O4/c1-42-32(40)30(14-24-19-36-28-9-5-3-7-26(24)28)37-31(39)29(13-23-18-35-27-8-4-2-6-25(23)27)38-33(41)34-15-20-10-21(16-34)12-22(11-20)17-34/h2-9,18-22,29-30,35-36H,10-17H2,1H3,(H,37,39)(H,38,41)/t20?,21?,22?,29-,30-,34?/m1/s1. The Bertz CT molecular complexity index is 1620. The third-order valence-corrected chi connectivity index (χ3v) is 10.1. The average molecular weight is 567 g/mol. The van der Waals surface area contributed by atoms with Crippen LogP contribution in [0.2, 0.25) is 0 Å². The molecular weight excluding hydrogens is 528 g/mol. The minimum Gasteiger partial charge on any atom is -0.467 e. The summed E-state index contributed by atoms with van der Waals surface area (Å²) in [5.74, 6) is 0.932. The van der Waals surface area contributed by atoms with Crippen molar-refractivity contribution < 1.29 is 19.1 Å². The minimum atomic E-state index is -0.899. The number of aromatic amines is 2. The van der Waals surface area contributed by atoms with E-state index in [1.165, 1.54) is 26.4 Å². The minimum absolute atomic E-state index is 0.00663. The molecule has 218 valence electrons. The lowest BCUT2D eigenvalue weighted by Gasteiger charge is -2.55. The van der Waals surface area contributed by atoms with Crippen LogP contribution in [0.3, 0.4) is 0 Å². The normalized spacial score (nSPS) is 25.8. The fourth-order valence-corrected chi connectivity index (χ4v) is 8.56. The molecule has 0 saturated heterocycles. The van der Waals surface area contributed by atoms with Crippen molar-refractivity contribution in [3.63, 3.8) is 0 Å². The zero-order valence-electron chi connectivity index (χ0n) is 24.0. The van der Waals surface area contributed by atoms with E-state index in [9.17, 15) is 14.4 Å². The molecule has 4 N–H and O–H groups in total. The molecule has 2 heterocycles. The van der Waals surface area contributed by atoms with Gasteiger partial charge < -0.3 is 25.3 Å². The molecule has 4 aliphatic carbocycles. The number of nitrogens with one attached hydrogen (secondary N) is 4. The Hall–Kier alpha value is -4.07. The summed E-state index contributed by atoms with van der Waals surface area (Å²) in [5, 5.41) is 8.17. The molecule has 8 rings (SSSR count). The van der Waals surface area contributed by atoms with Crippen LogP contribution in [0.1, 0.15) is 49.7 Å². The first-order valence-electron chi connectivity index (χ1n) is 15.2.